The van der Waals surface area contributed by atoms with Gasteiger partial charge in [0.2, 0.25) is 0 Å². The number of carbonyl (C=O) groups is 2. The smallest absolute Gasteiger partial charge is 0.338 e. The van der Waals surface area contributed by atoms with Crippen LogP contribution in [0.2, 0.25) is 10.0 Å². The minimum Gasteiger partial charge on any atom is -0.465 e. The van der Waals surface area contributed by atoms with E-state index in [1.54, 1.807) is 30.3 Å². The highest BCUT2D eigenvalue weighted by atomic mass is 35.5. The number of rotatable bonds is 3. The van der Waals surface area contributed by atoms with Crippen molar-refractivity contribution in [3.05, 3.63) is 57.6 Å². The fourth-order valence-corrected chi connectivity index (χ4v) is 3.41. The molecule has 0 spiro atoms. The number of methoxy groups -OCH3 is 1. The van der Waals surface area contributed by atoms with E-state index in [0.717, 1.165) is 4.70 Å². The quantitative estimate of drug-likeness (QED) is 0.671. The van der Waals surface area contributed by atoms with Crippen molar-refractivity contribution in [2.45, 2.75) is 0 Å². The molecule has 1 N–H and O–H groups in total. The van der Waals surface area contributed by atoms with Crippen molar-refractivity contribution in [2.75, 3.05) is 12.4 Å². The lowest BCUT2D eigenvalue weighted by Crippen LogP contribution is -2.16. The number of nitrogens with one attached hydrogen (secondary N) is 1. The summed E-state index contributed by atoms with van der Waals surface area (Å²) < 4.78 is 5.48. The summed E-state index contributed by atoms with van der Waals surface area (Å²) in [5.41, 5.74) is 0.901. The number of benzene rings is 2. The largest absolute Gasteiger partial charge is 0.465 e. The van der Waals surface area contributed by atoms with Gasteiger partial charge in [-0.25, -0.2) is 9.78 Å². The predicted octanol–water partition coefficient (Wildman–Crippen LogP) is 4.64. The molecule has 5 nitrogen and oxygen atoms in total. The molecule has 0 bridgehead atoms. The summed E-state index contributed by atoms with van der Waals surface area (Å²) in [6, 6.07) is 9.83. The van der Waals surface area contributed by atoms with Crippen molar-refractivity contribution in [1.29, 1.82) is 0 Å². The van der Waals surface area contributed by atoms with Crippen LogP contribution in [-0.4, -0.2) is 24.0 Å². The van der Waals surface area contributed by atoms with Crippen LogP contribution in [0, 0.1) is 0 Å². The highest BCUT2D eigenvalue weighted by Crippen LogP contribution is 2.35. The highest BCUT2D eigenvalue weighted by molar-refractivity contribution is 7.22. The van der Waals surface area contributed by atoms with E-state index < -0.39 is 11.9 Å². The summed E-state index contributed by atoms with van der Waals surface area (Å²) in [4.78, 5) is 28.5. The number of halogens is 2. The fourth-order valence-electron chi connectivity index (χ4n) is 2.12. The maximum atomic E-state index is 12.5. The van der Waals surface area contributed by atoms with Crippen LogP contribution >= 0.6 is 34.5 Å². The normalized spacial score (nSPS) is 10.6. The third-order valence-electron chi connectivity index (χ3n) is 3.25. The number of nitrogens with zero attached hydrogens (tertiary/aromatic N) is 1. The molecule has 24 heavy (non-hydrogen) atoms. The van der Waals surface area contributed by atoms with Gasteiger partial charge in [-0.15, -0.1) is 0 Å². The second kappa shape index (κ2) is 6.76. The molecule has 3 rings (SSSR count). The number of carbonyl (C=O) groups excluding carboxylic acids is 2. The lowest BCUT2D eigenvalue weighted by Gasteiger charge is -2.06. The molecule has 3 aromatic rings. The van der Waals surface area contributed by atoms with Crippen molar-refractivity contribution in [2.24, 2.45) is 0 Å². The van der Waals surface area contributed by atoms with Crippen molar-refractivity contribution in [1.82, 2.24) is 4.98 Å². The molecule has 0 atom stereocenters. The van der Waals surface area contributed by atoms with E-state index in [0.29, 0.717) is 20.7 Å². The number of aromatic nitrogens is 1. The van der Waals surface area contributed by atoms with Crippen molar-refractivity contribution in [3.8, 4) is 0 Å². The van der Waals surface area contributed by atoms with Crippen LogP contribution < -0.4 is 5.32 Å². The molecule has 1 heterocycles. The van der Waals surface area contributed by atoms with E-state index in [-0.39, 0.29) is 11.1 Å². The fraction of sp³-hybridized carbons (Fsp3) is 0.0625. The minimum absolute atomic E-state index is 0.180. The molecule has 0 fully saturated rings. The van der Waals surface area contributed by atoms with Crippen LogP contribution in [0.4, 0.5) is 5.13 Å². The number of ether oxygens (including phenoxy) is 1. The molecular formula is C16H10Cl2N2O3S. The zero-order chi connectivity index (χ0) is 17.3. The molecule has 0 radical (unpaired) electrons. The number of hydrogen-bond acceptors (Lipinski definition) is 5. The first-order valence-electron chi connectivity index (χ1n) is 6.74. The summed E-state index contributed by atoms with van der Waals surface area (Å²) >= 11 is 13.3. The van der Waals surface area contributed by atoms with Crippen LogP contribution in [-0.2, 0) is 4.74 Å². The Morgan fingerprint density at radius 1 is 1.12 bits per heavy atom. The topological polar surface area (TPSA) is 68.3 Å². The van der Waals surface area contributed by atoms with Crippen molar-refractivity contribution in [3.63, 3.8) is 0 Å². The summed E-state index contributed by atoms with van der Waals surface area (Å²) in [6.07, 6.45) is 0. The van der Waals surface area contributed by atoms with E-state index in [1.807, 2.05) is 0 Å². The SMILES string of the molecule is COC(=O)c1ccccc1C(=O)Nc1nc2c(Cl)c(Cl)ccc2s1. The van der Waals surface area contributed by atoms with Crippen LogP contribution in [0.25, 0.3) is 10.2 Å². The van der Waals surface area contributed by atoms with Gasteiger partial charge in [0.05, 0.1) is 33.0 Å². The Kier molecular flexibility index (Phi) is 4.71. The van der Waals surface area contributed by atoms with Gasteiger partial charge in [0.25, 0.3) is 5.91 Å². The number of fused-ring (bicyclic) bond motifs is 1. The van der Waals surface area contributed by atoms with Gasteiger partial charge in [-0.2, -0.15) is 0 Å². The average Bonchev–Trinajstić information content (AvgIpc) is 3.01. The first-order valence-corrected chi connectivity index (χ1v) is 8.31. The maximum Gasteiger partial charge on any atom is 0.338 e. The van der Waals surface area contributed by atoms with Gasteiger partial charge < -0.3 is 4.74 Å². The Morgan fingerprint density at radius 2 is 1.83 bits per heavy atom. The van der Waals surface area contributed by atoms with E-state index in [9.17, 15) is 9.59 Å². The van der Waals surface area contributed by atoms with Gasteiger partial charge in [0, 0.05) is 0 Å². The number of amides is 1. The Morgan fingerprint density at radius 3 is 2.54 bits per heavy atom. The van der Waals surface area contributed by atoms with Gasteiger partial charge in [-0.3, -0.25) is 10.1 Å². The van der Waals surface area contributed by atoms with E-state index >= 15 is 0 Å². The summed E-state index contributed by atoms with van der Waals surface area (Å²) in [5.74, 6) is -1.04. The third-order valence-corrected chi connectivity index (χ3v) is 4.98. The zero-order valence-electron chi connectivity index (χ0n) is 12.3. The number of esters is 1. The second-order valence-corrected chi connectivity index (χ2v) is 6.53. The van der Waals surface area contributed by atoms with Crippen LogP contribution in [0.5, 0.6) is 0 Å². The third kappa shape index (κ3) is 3.08. The molecule has 2 aromatic carbocycles. The molecule has 1 aromatic heterocycles. The zero-order valence-corrected chi connectivity index (χ0v) is 14.6. The van der Waals surface area contributed by atoms with E-state index in [1.165, 1.54) is 24.5 Å². The Balaban J connectivity index is 1.93. The Hall–Kier alpha value is -2.15. The molecule has 1 amide bonds. The number of anilines is 1. The van der Waals surface area contributed by atoms with E-state index in [2.05, 4.69) is 10.3 Å². The average molecular weight is 381 g/mol. The molecule has 0 unspecified atom stereocenters. The Bertz CT molecular complexity index is 956. The molecular weight excluding hydrogens is 371 g/mol. The molecule has 122 valence electrons. The van der Waals surface area contributed by atoms with Crippen molar-refractivity contribution >= 4 is 61.8 Å². The van der Waals surface area contributed by atoms with Crippen LogP contribution in [0.3, 0.4) is 0 Å². The lowest BCUT2D eigenvalue weighted by atomic mass is 10.1. The predicted molar refractivity (Wildman–Crippen MR) is 95.4 cm³/mol. The standard InChI is InChI=1S/C16H10Cl2N2O3S/c1-23-15(22)9-5-3-2-4-8(9)14(21)20-16-19-13-11(24-16)7-6-10(17)12(13)18/h2-7H,1H3,(H,19,20,21). The molecule has 8 heteroatoms. The summed E-state index contributed by atoms with van der Waals surface area (Å²) in [7, 11) is 1.26. The van der Waals surface area contributed by atoms with Gasteiger partial charge in [-0.1, -0.05) is 46.7 Å². The number of hydrogen-bond donors (Lipinski definition) is 1. The van der Waals surface area contributed by atoms with Crippen molar-refractivity contribution < 1.29 is 14.3 Å². The molecule has 0 saturated carbocycles. The molecule has 0 saturated heterocycles. The molecule has 0 aliphatic rings. The Labute approximate surface area is 151 Å². The second-order valence-electron chi connectivity index (χ2n) is 4.72. The summed E-state index contributed by atoms with van der Waals surface area (Å²) in [6.45, 7) is 0. The first-order chi connectivity index (χ1) is 11.5. The van der Waals surface area contributed by atoms with Gasteiger partial charge in [0.15, 0.2) is 5.13 Å². The monoisotopic (exact) mass is 380 g/mol. The number of thiazole rings is 1. The van der Waals surface area contributed by atoms with Gasteiger partial charge >= 0.3 is 5.97 Å². The maximum absolute atomic E-state index is 12.5. The van der Waals surface area contributed by atoms with Gasteiger partial charge in [-0.05, 0) is 24.3 Å². The van der Waals surface area contributed by atoms with Gasteiger partial charge in [0.1, 0.15) is 5.52 Å². The molecule has 0 aliphatic heterocycles. The highest BCUT2D eigenvalue weighted by Gasteiger charge is 2.19. The van der Waals surface area contributed by atoms with Crippen LogP contribution in [0.15, 0.2) is 36.4 Å². The molecule has 0 aliphatic carbocycles. The minimum atomic E-state index is -0.583. The van der Waals surface area contributed by atoms with E-state index in [4.69, 9.17) is 27.9 Å². The first kappa shape index (κ1) is 16.7. The summed E-state index contributed by atoms with van der Waals surface area (Å²) in [5, 5.41) is 3.76. The van der Waals surface area contributed by atoms with Crippen LogP contribution in [0.1, 0.15) is 20.7 Å². The lowest BCUT2D eigenvalue weighted by molar-refractivity contribution is 0.0597.